The first kappa shape index (κ1) is 13.0. The summed E-state index contributed by atoms with van der Waals surface area (Å²) in [7, 11) is 2.06. The minimum Gasteiger partial charge on any atom is -0.319 e. The highest BCUT2D eigenvalue weighted by atomic mass is 15.2. The molecule has 1 atom stereocenters. The van der Waals surface area contributed by atoms with Crippen molar-refractivity contribution in [3.8, 4) is 0 Å². The molecule has 0 saturated carbocycles. The number of hydrogen-bond acceptors (Lipinski definition) is 2. The second-order valence-electron chi connectivity index (χ2n) is 4.94. The third kappa shape index (κ3) is 2.73. The number of nitrogens with zero attached hydrogens (tertiary/aromatic N) is 1. The summed E-state index contributed by atoms with van der Waals surface area (Å²) in [6, 6.07) is 0. The van der Waals surface area contributed by atoms with E-state index in [0.29, 0.717) is 5.54 Å². The highest BCUT2D eigenvalue weighted by Gasteiger charge is 2.36. The molecule has 0 aromatic heterocycles. The molecule has 1 aliphatic rings. The van der Waals surface area contributed by atoms with E-state index in [0.717, 1.165) is 5.92 Å². The van der Waals surface area contributed by atoms with Crippen LogP contribution in [-0.4, -0.2) is 37.1 Å². The van der Waals surface area contributed by atoms with Crippen LogP contribution in [0.15, 0.2) is 0 Å². The fourth-order valence-electron chi connectivity index (χ4n) is 3.14. The van der Waals surface area contributed by atoms with Gasteiger partial charge in [0, 0.05) is 12.1 Å². The molecule has 1 aliphatic heterocycles. The molecule has 1 N–H and O–H groups in total. The van der Waals surface area contributed by atoms with Gasteiger partial charge in [-0.1, -0.05) is 20.8 Å². The van der Waals surface area contributed by atoms with Gasteiger partial charge in [-0.25, -0.2) is 0 Å². The Labute approximate surface area is 95.4 Å². The second-order valence-corrected chi connectivity index (χ2v) is 4.94. The Balaban J connectivity index is 2.56. The molecule has 0 aromatic rings. The van der Waals surface area contributed by atoms with Gasteiger partial charge in [0.05, 0.1) is 0 Å². The standard InChI is InChI=1S/C13H28N2/c1-5-13(6-2,7-3)15-9-8-12(11-15)10-14-4/h12,14H,5-11H2,1-4H3. The normalized spacial score (nSPS) is 23.6. The molecule has 0 aliphatic carbocycles. The largest absolute Gasteiger partial charge is 0.319 e. The van der Waals surface area contributed by atoms with Crippen molar-refractivity contribution in [3.63, 3.8) is 0 Å². The van der Waals surface area contributed by atoms with Gasteiger partial charge in [-0.2, -0.15) is 0 Å². The Hall–Kier alpha value is -0.0800. The molecule has 2 heteroatoms. The van der Waals surface area contributed by atoms with Crippen LogP contribution in [0.4, 0.5) is 0 Å². The van der Waals surface area contributed by atoms with E-state index in [1.165, 1.54) is 45.3 Å². The third-order valence-corrected chi connectivity index (χ3v) is 4.42. The van der Waals surface area contributed by atoms with Crippen LogP contribution in [0, 0.1) is 5.92 Å². The van der Waals surface area contributed by atoms with Gasteiger partial charge in [-0.15, -0.1) is 0 Å². The van der Waals surface area contributed by atoms with E-state index >= 15 is 0 Å². The van der Waals surface area contributed by atoms with Crippen LogP contribution in [0.5, 0.6) is 0 Å². The Morgan fingerprint density at radius 3 is 2.27 bits per heavy atom. The molecule has 2 nitrogen and oxygen atoms in total. The average molecular weight is 212 g/mol. The summed E-state index contributed by atoms with van der Waals surface area (Å²) in [6.07, 6.45) is 5.27. The smallest absolute Gasteiger partial charge is 0.0201 e. The summed E-state index contributed by atoms with van der Waals surface area (Å²) < 4.78 is 0. The fourth-order valence-corrected chi connectivity index (χ4v) is 3.14. The fraction of sp³-hybridized carbons (Fsp3) is 1.00. The van der Waals surface area contributed by atoms with Gasteiger partial charge in [0.25, 0.3) is 0 Å². The van der Waals surface area contributed by atoms with Crippen molar-refractivity contribution >= 4 is 0 Å². The summed E-state index contributed by atoms with van der Waals surface area (Å²) >= 11 is 0. The first-order chi connectivity index (χ1) is 7.22. The maximum Gasteiger partial charge on any atom is 0.0201 e. The van der Waals surface area contributed by atoms with Gasteiger partial charge in [-0.3, -0.25) is 4.90 Å². The number of hydrogen-bond donors (Lipinski definition) is 1. The molecule has 1 saturated heterocycles. The lowest BCUT2D eigenvalue weighted by Crippen LogP contribution is -2.46. The highest BCUT2D eigenvalue weighted by Crippen LogP contribution is 2.32. The molecule has 1 heterocycles. The van der Waals surface area contributed by atoms with Crippen LogP contribution in [0.3, 0.4) is 0 Å². The van der Waals surface area contributed by atoms with Crippen LogP contribution in [0.1, 0.15) is 46.5 Å². The van der Waals surface area contributed by atoms with Crippen molar-refractivity contribution in [2.24, 2.45) is 5.92 Å². The molecular formula is C13H28N2. The van der Waals surface area contributed by atoms with Crippen molar-refractivity contribution in [2.75, 3.05) is 26.7 Å². The Kier molecular flexibility index (Phi) is 5.07. The maximum absolute atomic E-state index is 3.31. The van der Waals surface area contributed by atoms with E-state index in [1.54, 1.807) is 0 Å². The van der Waals surface area contributed by atoms with E-state index in [2.05, 4.69) is 38.0 Å². The van der Waals surface area contributed by atoms with Crippen LogP contribution in [0.25, 0.3) is 0 Å². The molecule has 0 spiro atoms. The third-order valence-electron chi connectivity index (χ3n) is 4.42. The van der Waals surface area contributed by atoms with E-state index in [9.17, 15) is 0 Å². The summed E-state index contributed by atoms with van der Waals surface area (Å²) in [5.41, 5.74) is 0.489. The van der Waals surface area contributed by atoms with Crippen LogP contribution in [0.2, 0.25) is 0 Å². The van der Waals surface area contributed by atoms with Crippen molar-refractivity contribution in [3.05, 3.63) is 0 Å². The van der Waals surface area contributed by atoms with Gasteiger partial charge in [0.1, 0.15) is 0 Å². The zero-order valence-electron chi connectivity index (χ0n) is 11.0. The molecule has 1 fully saturated rings. The molecule has 1 unspecified atom stereocenters. The van der Waals surface area contributed by atoms with Gasteiger partial charge >= 0.3 is 0 Å². The quantitative estimate of drug-likeness (QED) is 0.728. The van der Waals surface area contributed by atoms with Gasteiger partial charge < -0.3 is 5.32 Å². The summed E-state index contributed by atoms with van der Waals surface area (Å²) in [4.78, 5) is 2.75. The Morgan fingerprint density at radius 1 is 1.20 bits per heavy atom. The summed E-state index contributed by atoms with van der Waals surface area (Å²) in [5.74, 6) is 0.874. The van der Waals surface area contributed by atoms with Gasteiger partial charge in [0.15, 0.2) is 0 Å². The lowest BCUT2D eigenvalue weighted by atomic mass is 9.88. The van der Waals surface area contributed by atoms with Crippen molar-refractivity contribution < 1.29 is 0 Å². The number of likely N-dealkylation sites (tertiary alicyclic amines) is 1. The topological polar surface area (TPSA) is 15.3 Å². The van der Waals surface area contributed by atoms with Gasteiger partial charge in [0.2, 0.25) is 0 Å². The van der Waals surface area contributed by atoms with E-state index < -0.39 is 0 Å². The minimum absolute atomic E-state index is 0.489. The SMILES string of the molecule is CCC(CC)(CC)N1CCC(CNC)C1. The maximum atomic E-state index is 3.31. The van der Waals surface area contributed by atoms with Gasteiger partial charge in [-0.05, 0) is 51.7 Å². The van der Waals surface area contributed by atoms with Crippen molar-refractivity contribution in [1.82, 2.24) is 10.2 Å². The van der Waals surface area contributed by atoms with Crippen molar-refractivity contribution in [1.29, 1.82) is 0 Å². The van der Waals surface area contributed by atoms with E-state index in [-0.39, 0.29) is 0 Å². The minimum atomic E-state index is 0.489. The first-order valence-corrected chi connectivity index (χ1v) is 6.62. The lowest BCUT2D eigenvalue weighted by Gasteiger charge is -2.40. The zero-order valence-corrected chi connectivity index (χ0v) is 11.0. The van der Waals surface area contributed by atoms with E-state index in [1.807, 2.05) is 0 Å². The molecule has 0 bridgehead atoms. The highest BCUT2D eigenvalue weighted by molar-refractivity contribution is 4.92. The lowest BCUT2D eigenvalue weighted by molar-refractivity contribution is 0.0964. The monoisotopic (exact) mass is 212 g/mol. The molecule has 0 aromatic carbocycles. The molecule has 15 heavy (non-hydrogen) atoms. The Bertz CT molecular complexity index is 167. The number of rotatable bonds is 6. The van der Waals surface area contributed by atoms with Crippen LogP contribution >= 0.6 is 0 Å². The second kappa shape index (κ2) is 5.86. The van der Waals surface area contributed by atoms with Crippen molar-refractivity contribution in [2.45, 2.75) is 52.0 Å². The van der Waals surface area contributed by atoms with Crippen LogP contribution < -0.4 is 5.32 Å². The first-order valence-electron chi connectivity index (χ1n) is 6.62. The number of nitrogens with one attached hydrogen (secondary N) is 1. The Morgan fingerprint density at radius 2 is 1.80 bits per heavy atom. The predicted octanol–water partition coefficient (Wildman–Crippen LogP) is 2.50. The predicted molar refractivity (Wildman–Crippen MR) is 67.2 cm³/mol. The summed E-state index contributed by atoms with van der Waals surface area (Å²) in [5, 5.41) is 3.31. The molecule has 0 amide bonds. The summed E-state index contributed by atoms with van der Waals surface area (Å²) in [6.45, 7) is 10.8. The van der Waals surface area contributed by atoms with Crippen LogP contribution in [-0.2, 0) is 0 Å². The molecule has 1 rings (SSSR count). The average Bonchev–Trinajstić information content (AvgIpc) is 2.71. The zero-order chi connectivity index (χ0) is 11.3. The molecule has 0 radical (unpaired) electrons. The van der Waals surface area contributed by atoms with E-state index in [4.69, 9.17) is 0 Å². The molecular weight excluding hydrogens is 184 g/mol. The molecule has 90 valence electrons.